The average Bonchev–Trinajstić information content (AvgIpc) is 3.06. The number of nitrogens with two attached hydrogens (primary N) is 1. The van der Waals surface area contributed by atoms with Crippen molar-refractivity contribution in [1.82, 2.24) is 19.7 Å². The van der Waals surface area contributed by atoms with E-state index in [0.29, 0.717) is 23.3 Å². The Morgan fingerprint density at radius 1 is 1.19 bits per heavy atom. The van der Waals surface area contributed by atoms with E-state index in [9.17, 15) is 9.18 Å². The summed E-state index contributed by atoms with van der Waals surface area (Å²) in [6.07, 6.45) is 4.39. The lowest BCUT2D eigenvalue weighted by atomic mass is 10.1. The Labute approximate surface area is 183 Å². The van der Waals surface area contributed by atoms with Crippen molar-refractivity contribution in [1.29, 1.82) is 0 Å². The highest BCUT2D eigenvalue weighted by atomic mass is 19.1. The average molecular weight is 431 g/mol. The lowest BCUT2D eigenvalue weighted by Gasteiger charge is -2.15. The van der Waals surface area contributed by atoms with E-state index in [1.807, 2.05) is 30.3 Å². The van der Waals surface area contributed by atoms with Gasteiger partial charge in [-0.15, -0.1) is 0 Å². The van der Waals surface area contributed by atoms with Crippen LogP contribution in [0.25, 0.3) is 16.9 Å². The molecule has 2 aromatic heterocycles. The number of hydrogen-bond acceptors (Lipinski definition) is 6. The third-order valence-electron chi connectivity index (χ3n) is 5.55. The molecule has 1 amide bonds. The molecule has 3 heterocycles. The zero-order valence-corrected chi connectivity index (χ0v) is 17.3. The van der Waals surface area contributed by atoms with Crippen molar-refractivity contribution in [2.45, 2.75) is 25.8 Å². The number of amides is 1. The van der Waals surface area contributed by atoms with Crippen molar-refractivity contribution in [2.75, 3.05) is 17.2 Å². The maximum atomic E-state index is 14.2. The number of primary amides is 1. The minimum Gasteiger partial charge on any atom is -0.370 e. The molecule has 0 bridgehead atoms. The number of fused-ring (bicyclic) bond motifs is 2. The first-order valence-corrected chi connectivity index (χ1v) is 10.5. The number of rotatable bonds is 5. The standard InChI is InChI=1S/C23H22FN7O/c24-15-10-17(20(25)32)18-13-28-31(19(18)11-15)23-29-21-16(8-4-5-9-26-21)22(30-23)27-12-14-6-2-1-3-7-14/h1-3,6-7,10-11,13H,4-5,8-9,12H2,(H2,25,32)(H2,26,27,29,30). The SMILES string of the molecule is NC(=O)c1cc(F)cc2c1cnn2-c1nc2c(c(NCc3ccccc3)n1)CCCCN2. The molecule has 1 aliphatic rings. The van der Waals surface area contributed by atoms with Gasteiger partial charge in [0.2, 0.25) is 5.91 Å². The number of aromatic nitrogens is 4. The number of nitrogens with one attached hydrogen (secondary N) is 2. The maximum absolute atomic E-state index is 14.2. The Morgan fingerprint density at radius 2 is 2.03 bits per heavy atom. The zero-order chi connectivity index (χ0) is 22.1. The first kappa shape index (κ1) is 19.9. The summed E-state index contributed by atoms with van der Waals surface area (Å²) >= 11 is 0. The summed E-state index contributed by atoms with van der Waals surface area (Å²) in [5, 5.41) is 11.6. The molecule has 4 aromatic rings. The number of halogens is 1. The quantitative estimate of drug-likeness (QED) is 0.447. The Bertz CT molecular complexity index is 1300. The van der Waals surface area contributed by atoms with Gasteiger partial charge in [0.1, 0.15) is 17.5 Å². The summed E-state index contributed by atoms with van der Waals surface area (Å²) in [6, 6.07) is 12.5. The molecule has 0 spiro atoms. The second-order valence-electron chi connectivity index (χ2n) is 7.73. The lowest BCUT2D eigenvalue weighted by molar-refractivity contribution is 0.100. The molecule has 8 nitrogen and oxygen atoms in total. The van der Waals surface area contributed by atoms with Crippen molar-refractivity contribution >= 4 is 28.4 Å². The normalized spacial score (nSPS) is 13.3. The number of benzene rings is 2. The molecule has 0 fully saturated rings. The van der Waals surface area contributed by atoms with Crippen LogP contribution in [0, 0.1) is 5.82 Å². The molecule has 0 saturated carbocycles. The summed E-state index contributed by atoms with van der Waals surface area (Å²) in [6.45, 7) is 1.41. The molecule has 1 aliphatic heterocycles. The number of carbonyl (C=O) groups excluding carboxylic acids is 1. The first-order chi connectivity index (χ1) is 15.6. The van der Waals surface area contributed by atoms with E-state index in [0.717, 1.165) is 48.8 Å². The highest BCUT2D eigenvalue weighted by Crippen LogP contribution is 2.29. The Balaban J connectivity index is 1.62. The van der Waals surface area contributed by atoms with Gasteiger partial charge < -0.3 is 16.4 Å². The van der Waals surface area contributed by atoms with Crippen LogP contribution in [0.3, 0.4) is 0 Å². The fourth-order valence-corrected chi connectivity index (χ4v) is 3.97. The Hall–Kier alpha value is -4.01. The topological polar surface area (TPSA) is 111 Å². The molecular weight excluding hydrogens is 409 g/mol. The summed E-state index contributed by atoms with van der Waals surface area (Å²) in [4.78, 5) is 21.2. The van der Waals surface area contributed by atoms with Gasteiger partial charge in [-0.25, -0.2) is 4.39 Å². The van der Waals surface area contributed by atoms with Crippen molar-refractivity contribution in [3.8, 4) is 5.95 Å². The van der Waals surface area contributed by atoms with Crippen molar-refractivity contribution < 1.29 is 9.18 Å². The lowest BCUT2D eigenvalue weighted by Crippen LogP contribution is -2.14. The van der Waals surface area contributed by atoms with Gasteiger partial charge in [-0.1, -0.05) is 30.3 Å². The van der Waals surface area contributed by atoms with Crippen LogP contribution < -0.4 is 16.4 Å². The molecule has 5 rings (SSSR count). The van der Waals surface area contributed by atoms with Crippen LogP contribution in [-0.2, 0) is 13.0 Å². The van der Waals surface area contributed by atoms with Gasteiger partial charge in [-0.3, -0.25) is 4.79 Å². The van der Waals surface area contributed by atoms with Crippen LogP contribution in [0.15, 0.2) is 48.7 Å². The summed E-state index contributed by atoms with van der Waals surface area (Å²) < 4.78 is 15.7. The first-order valence-electron chi connectivity index (χ1n) is 10.5. The number of nitrogens with zero attached hydrogens (tertiary/aromatic N) is 4. The van der Waals surface area contributed by atoms with Crippen molar-refractivity contribution in [3.63, 3.8) is 0 Å². The van der Waals surface area contributed by atoms with Crippen molar-refractivity contribution in [2.24, 2.45) is 5.73 Å². The zero-order valence-electron chi connectivity index (χ0n) is 17.3. The molecule has 0 saturated heterocycles. The third-order valence-corrected chi connectivity index (χ3v) is 5.55. The monoisotopic (exact) mass is 431 g/mol. The minimum absolute atomic E-state index is 0.0709. The molecular formula is C23H22FN7O. The van der Waals surface area contributed by atoms with E-state index in [1.165, 1.54) is 16.9 Å². The predicted octanol–water partition coefficient (Wildman–Crippen LogP) is 3.41. The van der Waals surface area contributed by atoms with Crippen LogP contribution in [0.1, 0.15) is 34.3 Å². The summed E-state index contributed by atoms with van der Waals surface area (Å²) in [7, 11) is 0. The van der Waals surface area contributed by atoms with Crippen LogP contribution >= 0.6 is 0 Å². The maximum Gasteiger partial charge on any atom is 0.255 e. The van der Waals surface area contributed by atoms with Gasteiger partial charge in [0.25, 0.3) is 5.95 Å². The summed E-state index contributed by atoms with van der Waals surface area (Å²) in [5.41, 5.74) is 8.02. The highest BCUT2D eigenvalue weighted by Gasteiger charge is 2.20. The molecule has 9 heteroatoms. The molecule has 0 aliphatic carbocycles. The minimum atomic E-state index is -0.719. The van der Waals surface area contributed by atoms with Crippen molar-refractivity contribution in [3.05, 3.63) is 71.2 Å². The third kappa shape index (κ3) is 3.73. The van der Waals surface area contributed by atoms with E-state index < -0.39 is 11.7 Å². The Kier molecular flexibility index (Phi) is 5.14. The van der Waals surface area contributed by atoms with Gasteiger partial charge in [-0.2, -0.15) is 19.7 Å². The largest absolute Gasteiger partial charge is 0.370 e. The summed E-state index contributed by atoms with van der Waals surface area (Å²) in [5.74, 6) is 0.425. The van der Waals surface area contributed by atoms with E-state index >= 15 is 0 Å². The van der Waals surface area contributed by atoms with Gasteiger partial charge in [-0.05, 0) is 30.9 Å². The van der Waals surface area contributed by atoms with Crippen LogP contribution in [0.2, 0.25) is 0 Å². The number of anilines is 2. The molecule has 2 aromatic carbocycles. The molecule has 4 N–H and O–H groups in total. The van der Waals surface area contributed by atoms with E-state index in [2.05, 4.69) is 20.7 Å². The van der Waals surface area contributed by atoms with Gasteiger partial charge in [0, 0.05) is 30.1 Å². The second-order valence-corrected chi connectivity index (χ2v) is 7.73. The molecule has 0 unspecified atom stereocenters. The molecule has 0 radical (unpaired) electrons. The molecule has 162 valence electrons. The van der Waals surface area contributed by atoms with Gasteiger partial charge in [0.15, 0.2) is 0 Å². The molecule has 0 atom stereocenters. The highest BCUT2D eigenvalue weighted by molar-refractivity contribution is 6.05. The predicted molar refractivity (Wildman–Crippen MR) is 120 cm³/mol. The smallest absolute Gasteiger partial charge is 0.255 e. The van der Waals surface area contributed by atoms with E-state index in [4.69, 9.17) is 10.7 Å². The second kappa shape index (κ2) is 8.26. The van der Waals surface area contributed by atoms with E-state index in [-0.39, 0.29) is 11.5 Å². The van der Waals surface area contributed by atoms with Gasteiger partial charge >= 0.3 is 0 Å². The van der Waals surface area contributed by atoms with E-state index in [1.54, 1.807) is 0 Å². The van der Waals surface area contributed by atoms with Gasteiger partial charge in [0.05, 0.1) is 17.3 Å². The number of hydrogen-bond donors (Lipinski definition) is 3. The van der Waals surface area contributed by atoms with Crippen LogP contribution in [0.5, 0.6) is 0 Å². The fourth-order valence-electron chi connectivity index (χ4n) is 3.97. The fraction of sp³-hybridized carbons (Fsp3) is 0.217. The number of carbonyl (C=O) groups is 1. The molecule has 32 heavy (non-hydrogen) atoms. The van der Waals surface area contributed by atoms with Crippen LogP contribution in [0.4, 0.5) is 16.0 Å². The Morgan fingerprint density at radius 3 is 2.84 bits per heavy atom. The van der Waals surface area contributed by atoms with Crippen LogP contribution in [-0.4, -0.2) is 32.2 Å².